The molecule has 152 valence electrons. The van der Waals surface area contributed by atoms with Gasteiger partial charge in [-0.25, -0.2) is 4.98 Å². The number of aromatic nitrogens is 1. The van der Waals surface area contributed by atoms with E-state index < -0.39 is 0 Å². The molecule has 1 amide bonds. The maximum Gasteiger partial charge on any atom is 0.255 e. The molecule has 0 spiro atoms. The fourth-order valence-corrected chi connectivity index (χ4v) is 5.47. The number of nitrogens with two attached hydrogens (primary N) is 1. The van der Waals surface area contributed by atoms with Crippen molar-refractivity contribution in [3.8, 4) is 10.4 Å². The summed E-state index contributed by atoms with van der Waals surface area (Å²) in [5.41, 5.74) is 10.1. The highest BCUT2D eigenvalue weighted by atomic mass is 32.1. The van der Waals surface area contributed by atoms with E-state index in [0.717, 1.165) is 35.8 Å². The maximum absolute atomic E-state index is 13.0. The molecule has 7 heteroatoms. The number of amides is 1. The van der Waals surface area contributed by atoms with Gasteiger partial charge in [0.1, 0.15) is 0 Å². The molecule has 31 heavy (non-hydrogen) atoms. The van der Waals surface area contributed by atoms with E-state index in [9.17, 15) is 4.79 Å². The molecule has 0 saturated heterocycles. The third kappa shape index (κ3) is 3.58. The molecular formula is C24H18N4OS2. The highest BCUT2D eigenvalue weighted by Gasteiger charge is 2.16. The van der Waals surface area contributed by atoms with Gasteiger partial charge in [-0.15, -0.1) is 22.7 Å². The van der Waals surface area contributed by atoms with Gasteiger partial charge in [-0.2, -0.15) is 0 Å². The van der Waals surface area contributed by atoms with Crippen LogP contribution in [0.25, 0.3) is 30.7 Å². The van der Waals surface area contributed by atoms with Gasteiger partial charge >= 0.3 is 0 Å². The lowest BCUT2D eigenvalue weighted by Crippen LogP contribution is -2.13. The molecule has 4 N–H and O–H groups in total. The van der Waals surface area contributed by atoms with E-state index in [0.29, 0.717) is 22.5 Å². The number of hydrogen-bond donors (Lipinski definition) is 3. The summed E-state index contributed by atoms with van der Waals surface area (Å²) in [6.07, 6.45) is 1.19. The second-order valence-electron chi connectivity index (χ2n) is 7.19. The molecular weight excluding hydrogens is 424 g/mol. The van der Waals surface area contributed by atoms with Gasteiger partial charge in [0.15, 0.2) is 0 Å². The maximum atomic E-state index is 13.0. The highest BCUT2D eigenvalue weighted by molar-refractivity contribution is 7.22. The Morgan fingerprint density at radius 1 is 1.06 bits per heavy atom. The van der Waals surface area contributed by atoms with Crippen LogP contribution in [0.3, 0.4) is 0 Å². The zero-order valence-electron chi connectivity index (χ0n) is 16.6. The Hall–Kier alpha value is -3.55. The number of fused-ring (bicyclic) bond motifs is 2. The van der Waals surface area contributed by atoms with Gasteiger partial charge in [0, 0.05) is 43.9 Å². The van der Waals surface area contributed by atoms with Crippen LogP contribution in [0.2, 0.25) is 0 Å². The van der Waals surface area contributed by atoms with Gasteiger partial charge in [0.05, 0.1) is 15.2 Å². The molecule has 0 bridgehead atoms. The lowest BCUT2D eigenvalue weighted by atomic mass is 10.0. The van der Waals surface area contributed by atoms with Crippen LogP contribution in [0.15, 0.2) is 60.7 Å². The monoisotopic (exact) mass is 442 g/mol. The van der Waals surface area contributed by atoms with Crippen molar-refractivity contribution in [2.45, 2.75) is 6.92 Å². The SMILES string of the molecule is Cc1nc2cc(NC(=O)c3cc(C=N)c(N)c(-c4cc5ccccc5s4)c3)ccc2s1. The van der Waals surface area contributed by atoms with Gasteiger partial charge in [0.25, 0.3) is 5.91 Å². The van der Waals surface area contributed by atoms with Gasteiger partial charge in [-0.3, -0.25) is 4.79 Å². The van der Waals surface area contributed by atoms with Crippen molar-refractivity contribution in [2.24, 2.45) is 0 Å². The van der Waals surface area contributed by atoms with Gasteiger partial charge in [-0.05, 0) is 54.8 Å². The first-order chi connectivity index (χ1) is 15.0. The molecule has 0 atom stereocenters. The molecule has 2 heterocycles. The van der Waals surface area contributed by atoms with Crippen LogP contribution in [0.5, 0.6) is 0 Å². The van der Waals surface area contributed by atoms with Crippen molar-refractivity contribution in [3.63, 3.8) is 0 Å². The molecule has 5 nitrogen and oxygen atoms in total. The number of carbonyl (C=O) groups is 1. The Kier molecular flexibility index (Phi) is 4.77. The van der Waals surface area contributed by atoms with Crippen LogP contribution >= 0.6 is 22.7 Å². The van der Waals surface area contributed by atoms with Crippen molar-refractivity contribution >= 4 is 66.5 Å². The average Bonchev–Trinajstić information content (AvgIpc) is 3.35. The van der Waals surface area contributed by atoms with Crippen LogP contribution in [-0.2, 0) is 0 Å². The molecule has 3 aromatic carbocycles. The van der Waals surface area contributed by atoms with Crippen LogP contribution in [0.4, 0.5) is 11.4 Å². The number of nitrogen functional groups attached to an aromatic ring is 1. The number of aryl methyl sites for hydroxylation is 1. The number of nitrogens with zero attached hydrogens (tertiary/aromatic N) is 1. The minimum Gasteiger partial charge on any atom is -0.398 e. The smallest absolute Gasteiger partial charge is 0.255 e. The minimum atomic E-state index is -0.253. The molecule has 0 radical (unpaired) electrons. The van der Waals surface area contributed by atoms with Gasteiger partial charge < -0.3 is 16.5 Å². The molecule has 0 aliphatic heterocycles. The second kappa shape index (κ2) is 7.61. The molecule has 0 aliphatic rings. The fourth-order valence-electron chi connectivity index (χ4n) is 3.57. The summed E-state index contributed by atoms with van der Waals surface area (Å²) < 4.78 is 2.23. The van der Waals surface area contributed by atoms with E-state index in [2.05, 4.69) is 28.5 Å². The van der Waals surface area contributed by atoms with E-state index in [1.165, 1.54) is 6.21 Å². The Labute approximate surface area is 186 Å². The van der Waals surface area contributed by atoms with Crippen LogP contribution in [0.1, 0.15) is 20.9 Å². The number of benzene rings is 3. The quantitative estimate of drug-likeness (QED) is 0.225. The summed E-state index contributed by atoms with van der Waals surface area (Å²) in [4.78, 5) is 18.5. The average molecular weight is 443 g/mol. The van der Waals surface area contributed by atoms with Crippen molar-refractivity contribution in [2.75, 3.05) is 11.1 Å². The van der Waals surface area contributed by atoms with Crippen LogP contribution < -0.4 is 11.1 Å². The largest absolute Gasteiger partial charge is 0.398 e. The number of nitrogens with one attached hydrogen (secondary N) is 2. The first-order valence-electron chi connectivity index (χ1n) is 9.63. The number of hydrogen-bond acceptors (Lipinski definition) is 6. The van der Waals surface area contributed by atoms with Crippen molar-refractivity contribution < 1.29 is 4.79 Å². The Balaban J connectivity index is 1.54. The summed E-state index contributed by atoms with van der Waals surface area (Å²) in [5, 5.41) is 12.8. The highest BCUT2D eigenvalue weighted by Crippen LogP contribution is 2.38. The molecule has 2 aromatic heterocycles. The minimum absolute atomic E-state index is 0.253. The first kappa shape index (κ1) is 19.4. The normalized spacial score (nSPS) is 11.1. The van der Waals surface area contributed by atoms with E-state index >= 15 is 0 Å². The first-order valence-corrected chi connectivity index (χ1v) is 11.3. The molecule has 5 aromatic rings. The molecule has 0 saturated carbocycles. The zero-order valence-corrected chi connectivity index (χ0v) is 18.2. The standard InChI is InChI=1S/C24H18N4OS2/c1-13-27-19-11-17(6-7-21(19)30-13)28-24(29)15-8-16(12-25)23(26)18(9-15)22-10-14-4-2-3-5-20(14)31-22/h2-12,25H,26H2,1H3,(H,28,29). The van der Waals surface area contributed by atoms with Crippen molar-refractivity contribution in [3.05, 3.63) is 76.8 Å². The van der Waals surface area contributed by atoms with Crippen molar-refractivity contribution in [1.82, 2.24) is 4.98 Å². The molecule has 0 unspecified atom stereocenters. The lowest BCUT2D eigenvalue weighted by molar-refractivity contribution is 0.102. The lowest BCUT2D eigenvalue weighted by Gasteiger charge is -2.11. The zero-order chi connectivity index (χ0) is 21.5. The molecule has 0 fully saturated rings. The summed E-state index contributed by atoms with van der Waals surface area (Å²) in [7, 11) is 0. The summed E-state index contributed by atoms with van der Waals surface area (Å²) in [6.45, 7) is 1.96. The summed E-state index contributed by atoms with van der Waals surface area (Å²) in [5.74, 6) is -0.253. The predicted molar refractivity (Wildman–Crippen MR) is 132 cm³/mol. The van der Waals surface area contributed by atoms with Crippen LogP contribution in [0, 0.1) is 12.3 Å². The Morgan fingerprint density at radius 3 is 2.71 bits per heavy atom. The van der Waals surface area contributed by atoms with E-state index in [-0.39, 0.29) is 5.91 Å². The topological polar surface area (TPSA) is 91.9 Å². The van der Waals surface area contributed by atoms with Gasteiger partial charge in [0.2, 0.25) is 0 Å². The number of anilines is 2. The third-order valence-electron chi connectivity index (χ3n) is 5.07. The summed E-state index contributed by atoms with van der Waals surface area (Å²) in [6, 6.07) is 19.3. The number of thiophene rings is 1. The van der Waals surface area contributed by atoms with Gasteiger partial charge in [-0.1, -0.05) is 18.2 Å². The molecule has 0 aliphatic carbocycles. The number of carbonyl (C=O) groups excluding carboxylic acids is 1. The summed E-state index contributed by atoms with van der Waals surface area (Å²) >= 11 is 3.24. The fraction of sp³-hybridized carbons (Fsp3) is 0.0417. The van der Waals surface area contributed by atoms with E-state index in [1.807, 2.05) is 37.3 Å². The number of thiazole rings is 1. The Morgan fingerprint density at radius 2 is 1.90 bits per heavy atom. The number of rotatable bonds is 4. The van der Waals surface area contributed by atoms with E-state index in [1.54, 1.807) is 34.8 Å². The van der Waals surface area contributed by atoms with Crippen LogP contribution in [-0.4, -0.2) is 17.1 Å². The van der Waals surface area contributed by atoms with E-state index in [4.69, 9.17) is 11.1 Å². The third-order valence-corrected chi connectivity index (χ3v) is 7.17. The molecule has 5 rings (SSSR count). The predicted octanol–water partition coefficient (Wildman–Crippen LogP) is 6.32. The van der Waals surface area contributed by atoms with Crippen molar-refractivity contribution in [1.29, 1.82) is 5.41 Å². The Bertz CT molecular complexity index is 1450. The second-order valence-corrected chi connectivity index (χ2v) is 9.51.